The van der Waals surface area contributed by atoms with Gasteiger partial charge in [-0.05, 0) is 25.5 Å². The predicted molar refractivity (Wildman–Crippen MR) is 85.8 cm³/mol. The molecule has 0 spiro atoms. The molecule has 1 aromatic heterocycles. The van der Waals surface area contributed by atoms with Crippen LogP contribution in [-0.2, 0) is 6.54 Å². The summed E-state index contributed by atoms with van der Waals surface area (Å²) < 4.78 is 1.99. The number of likely N-dealkylation sites (tertiary alicyclic amines) is 1. The first kappa shape index (κ1) is 13.5. The van der Waals surface area contributed by atoms with Crippen LogP contribution in [0.1, 0.15) is 34.6 Å². The maximum absolute atomic E-state index is 12.6. The Morgan fingerprint density at radius 1 is 1.09 bits per heavy atom. The van der Waals surface area contributed by atoms with E-state index in [-0.39, 0.29) is 5.78 Å². The summed E-state index contributed by atoms with van der Waals surface area (Å²) in [6.45, 7) is 2.51. The number of carbonyl (C=O) groups excluding carboxylic acids is 1. The number of nitrogens with zero attached hydrogens (tertiary/aromatic N) is 3. The van der Waals surface area contributed by atoms with Crippen molar-refractivity contribution in [2.24, 2.45) is 0 Å². The highest BCUT2D eigenvalue weighted by Gasteiger charge is 2.27. The average molecular weight is 293 g/mol. The fourth-order valence-electron chi connectivity index (χ4n) is 3.46. The van der Waals surface area contributed by atoms with Gasteiger partial charge in [0.1, 0.15) is 5.82 Å². The number of hydrogen-bond acceptors (Lipinski definition) is 3. The first-order chi connectivity index (χ1) is 10.7. The number of aromatic nitrogens is 2. The van der Waals surface area contributed by atoms with E-state index in [4.69, 9.17) is 0 Å². The second-order valence-electron chi connectivity index (χ2n) is 6.13. The van der Waals surface area contributed by atoms with E-state index < -0.39 is 0 Å². The van der Waals surface area contributed by atoms with Gasteiger partial charge in [0.05, 0.1) is 6.54 Å². The van der Waals surface area contributed by atoms with Crippen LogP contribution in [0.4, 0.5) is 0 Å². The largest absolute Gasteiger partial charge is 0.323 e. The molecule has 0 aliphatic carbocycles. The smallest absolute Gasteiger partial charge is 0.183 e. The Kier molecular flexibility index (Phi) is 3.19. The van der Waals surface area contributed by atoms with E-state index in [1.807, 2.05) is 29.0 Å². The fourth-order valence-corrected chi connectivity index (χ4v) is 3.46. The van der Waals surface area contributed by atoms with Gasteiger partial charge in [-0.3, -0.25) is 4.79 Å². The van der Waals surface area contributed by atoms with Crippen LogP contribution < -0.4 is 0 Å². The summed E-state index contributed by atoms with van der Waals surface area (Å²) in [5.41, 5.74) is 4.48. The van der Waals surface area contributed by atoms with E-state index >= 15 is 0 Å². The molecule has 0 atom stereocenters. The Bertz CT molecular complexity index is 762. The lowest BCUT2D eigenvalue weighted by Crippen LogP contribution is -2.27. The summed E-state index contributed by atoms with van der Waals surface area (Å²) >= 11 is 0. The Labute approximate surface area is 130 Å². The highest BCUT2D eigenvalue weighted by molar-refractivity contribution is 6.03. The zero-order chi connectivity index (χ0) is 15.1. The number of rotatable bonds is 0. The Hall–Kier alpha value is -2.20. The highest BCUT2D eigenvalue weighted by atomic mass is 16.1. The number of benzene rings is 1. The van der Waals surface area contributed by atoms with Crippen molar-refractivity contribution in [3.63, 3.8) is 0 Å². The Morgan fingerprint density at radius 3 is 2.59 bits per heavy atom. The fraction of sp³-hybridized carbons (Fsp3) is 0.333. The van der Waals surface area contributed by atoms with Crippen molar-refractivity contribution in [2.75, 3.05) is 20.1 Å². The number of ketones is 1. The molecular formula is C18H19N3O. The van der Waals surface area contributed by atoms with Gasteiger partial charge in [0.2, 0.25) is 0 Å². The molecular weight excluding hydrogens is 274 g/mol. The van der Waals surface area contributed by atoms with Gasteiger partial charge < -0.3 is 9.47 Å². The minimum absolute atomic E-state index is 0.165. The zero-order valence-corrected chi connectivity index (χ0v) is 12.7. The third kappa shape index (κ3) is 2.11. The van der Waals surface area contributed by atoms with Crippen LogP contribution in [0, 0.1) is 0 Å². The van der Waals surface area contributed by atoms with Crippen LogP contribution in [0.3, 0.4) is 0 Å². The van der Waals surface area contributed by atoms with Crippen LogP contribution in [0.25, 0.3) is 5.57 Å². The van der Waals surface area contributed by atoms with Gasteiger partial charge >= 0.3 is 0 Å². The van der Waals surface area contributed by atoms with Crippen molar-refractivity contribution < 1.29 is 4.79 Å². The summed E-state index contributed by atoms with van der Waals surface area (Å²) in [7, 11) is 2.16. The first-order valence-corrected chi connectivity index (χ1v) is 7.78. The molecule has 0 amide bonds. The molecule has 0 N–H and O–H groups in total. The number of fused-ring (bicyclic) bond motifs is 2. The highest BCUT2D eigenvalue weighted by Crippen LogP contribution is 2.35. The molecule has 4 rings (SSSR count). The van der Waals surface area contributed by atoms with Crippen molar-refractivity contribution in [3.8, 4) is 0 Å². The summed E-state index contributed by atoms with van der Waals surface area (Å²) in [5.74, 6) is 1.11. The monoisotopic (exact) mass is 293 g/mol. The van der Waals surface area contributed by atoms with Crippen LogP contribution in [-0.4, -0.2) is 40.4 Å². The van der Waals surface area contributed by atoms with E-state index in [1.54, 1.807) is 6.20 Å². The van der Waals surface area contributed by atoms with Gasteiger partial charge in [-0.25, -0.2) is 4.98 Å². The molecule has 3 heterocycles. The number of Topliss-reactive ketones (excluding diaryl/α,β-unsaturated/α-hetero) is 1. The number of piperidine rings is 1. The van der Waals surface area contributed by atoms with Crippen LogP contribution in [0.5, 0.6) is 0 Å². The molecule has 0 radical (unpaired) electrons. The third-order valence-electron chi connectivity index (χ3n) is 4.69. The SMILES string of the molecule is CN1CCC(=C2c3ccccc3C(=O)Cn3ccnc32)CC1. The van der Waals surface area contributed by atoms with Gasteiger partial charge in [-0.1, -0.05) is 29.8 Å². The van der Waals surface area contributed by atoms with Crippen LogP contribution in [0.2, 0.25) is 0 Å². The molecule has 1 aromatic carbocycles. The van der Waals surface area contributed by atoms with Gasteiger partial charge in [0.25, 0.3) is 0 Å². The summed E-state index contributed by atoms with van der Waals surface area (Å²) in [5, 5.41) is 0. The summed E-state index contributed by atoms with van der Waals surface area (Å²) in [4.78, 5) is 19.5. The maximum Gasteiger partial charge on any atom is 0.183 e. The van der Waals surface area contributed by atoms with E-state index in [1.165, 1.54) is 11.1 Å². The molecule has 2 aromatic rings. The maximum atomic E-state index is 12.6. The first-order valence-electron chi connectivity index (χ1n) is 7.78. The molecule has 2 aliphatic heterocycles. The standard InChI is InChI=1S/C18H19N3O/c1-20-9-6-13(7-10-20)17-15-5-3-2-4-14(15)16(22)12-21-11-8-19-18(17)21/h2-5,8,11H,6-7,9-10,12H2,1H3. The average Bonchev–Trinajstić information content (AvgIpc) is 2.93. The normalized spacial score (nSPS) is 18.9. The molecule has 4 nitrogen and oxygen atoms in total. The van der Waals surface area contributed by atoms with Crippen molar-refractivity contribution in [3.05, 3.63) is 59.2 Å². The second-order valence-corrected chi connectivity index (χ2v) is 6.13. The zero-order valence-electron chi connectivity index (χ0n) is 12.7. The molecule has 4 heteroatoms. The minimum atomic E-state index is 0.165. The van der Waals surface area contributed by atoms with Gasteiger partial charge in [0, 0.05) is 36.6 Å². The Morgan fingerprint density at radius 2 is 1.82 bits per heavy atom. The molecule has 0 saturated carbocycles. The molecule has 0 bridgehead atoms. The van der Waals surface area contributed by atoms with E-state index in [9.17, 15) is 4.79 Å². The molecule has 2 aliphatic rings. The van der Waals surface area contributed by atoms with Gasteiger partial charge in [-0.15, -0.1) is 0 Å². The molecule has 22 heavy (non-hydrogen) atoms. The van der Waals surface area contributed by atoms with E-state index in [2.05, 4.69) is 23.0 Å². The van der Waals surface area contributed by atoms with Crippen molar-refractivity contribution in [1.82, 2.24) is 14.5 Å². The van der Waals surface area contributed by atoms with Gasteiger partial charge in [0.15, 0.2) is 5.78 Å². The quantitative estimate of drug-likeness (QED) is 0.749. The van der Waals surface area contributed by atoms with E-state index in [0.717, 1.165) is 42.9 Å². The number of carbonyl (C=O) groups is 1. The number of hydrogen-bond donors (Lipinski definition) is 0. The lowest BCUT2D eigenvalue weighted by atomic mass is 9.90. The molecule has 112 valence electrons. The Balaban J connectivity index is 1.96. The summed E-state index contributed by atoms with van der Waals surface area (Å²) in [6, 6.07) is 7.97. The topological polar surface area (TPSA) is 38.1 Å². The minimum Gasteiger partial charge on any atom is -0.323 e. The lowest BCUT2D eigenvalue weighted by Gasteiger charge is -2.26. The van der Waals surface area contributed by atoms with Gasteiger partial charge in [-0.2, -0.15) is 0 Å². The van der Waals surface area contributed by atoms with Crippen LogP contribution >= 0.6 is 0 Å². The second kappa shape index (κ2) is 5.21. The van der Waals surface area contributed by atoms with Crippen molar-refractivity contribution in [2.45, 2.75) is 19.4 Å². The van der Waals surface area contributed by atoms with E-state index in [0.29, 0.717) is 6.54 Å². The summed E-state index contributed by atoms with van der Waals surface area (Å²) in [6.07, 6.45) is 5.79. The molecule has 0 unspecified atom stereocenters. The van der Waals surface area contributed by atoms with Crippen LogP contribution in [0.15, 0.2) is 42.2 Å². The van der Waals surface area contributed by atoms with Crippen molar-refractivity contribution >= 4 is 11.4 Å². The molecule has 1 saturated heterocycles. The van der Waals surface area contributed by atoms with Crippen molar-refractivity contribution in [1.29, 1.82) is 0 Å². The lowest BCUT2D eigenvalue weighted by molar-refractivity contribution is 0.0973. The predicted octanol–water partition coefficient (Wildman–Crippen LogP) is 2.61. The molecule has 1 fully saturated rings. The third-order valence-corrected chi connectivity index (χ3v) is 4.69. The number of imidazole rings is 1.